The smallest absolute Gasteiger partial charge is 0.157 e. The van der Waals surface area contributed by atoms with Crippen LogP contribution in [0.2, 0.25) is 0 Å². The first-order chi connectivity index (χ1) is 7.34. The molecule has 2 atom stereocenters. The quantitative estimate of drug-likeness (QED) is 0.821. The molecule has 3 nitrogen and oxygen atoms in total. The van der Waals surface area contributed by atoms with Crippen LogP contribution in [0.4, 0.5) is 0 Å². The van der Waals surface area contributed by atoms with E-state index < -0.39 is 6.29 Å². The Bertz CT molecular complexity index is 286. The standard InChI is InChI=1S/C12H16O3/c13-12-8-11(6-7-14-12)15-9-10-4-2-1-3-5-10/h1-5,11-13H,6-9H2/t11-,12?/m1/s1. The molecule has 82 valence electrons. The monoisotopic (exact) mass is 208 g/mol. The van der Waals surface area contributed by atoms with Crippen molar-refractivity contribution < 1.29 is 14.6 Å². The van der Waals surface area contributed by atoms with Gasteiger partial charge in [-0.1, -0.05) is 30.3 Å². The van der Waals surface area contributed by atoms with Gasteiger partial charge < -0.3 is 14.6 Å². The summed E-state index contributed by atoms with van der Waals surface area (Å²) >= 11 is 0. The van der Waals surface area contributed by atoms with Crippen molar-refractivity contribution in [2.24, 2.45) is 0 Å². The first-order valence-corrected chi connectivity index (χ1v) is 5.30. The summed E-state index contributed by atoms with van der Waals surface area (Å²) in [7, 11) is 0. The lowest BCUT2D eigenvalue weighted by atomic mass is 10.1. The summed E-state index contributed by atoms with van der Waals surface area (Å²) in [5.74, 6) is 0. The first-order valence-electron chi connectivity index (χ1n) is 5.30. The van der Waals surface area contributed by atoms with E-state index in [1.54, 1.807) is 0 Å². The Morgan fingerprint density at radius 1 is 1.33 bits per heavy atom. The third-order valence-corrected chi connectivity index (χ3v) is 2.54. The molecular weight excluding hydrogens is 192 g/mol. The summed E-state index contributed by atoms with van der Waals surface area (Å²) in [4.78, 5) is 0. The first kappa shape index (κ1) is 10.6. The molecule has 1 aromatic rings. The van der Waals surface area contributed by atoms with Crippen LogP contribution in [-0.4, -0.2) is 24.1 Å². The van der Waals surface area contributed by atoms with Gasteiger partial charge in [-0.2, -0.15) is 0 Å². The molecular formula is C12H16O3. The minimum Gasteiger partial charge on any atom is -0.373 e. The highest BCUT2D eigenvalue weighted by Gasteiger charge is 2.20. The number of aliphatic hydroxyl groups excluding tert-OH is 1. The molecule has 0 saturated carbocycles. The fraction of sp³-hybridized carbons (Fsp3) is 0.500. The van der Waals surface area contributed by atoms with Crippen LogP contribution >= 0.6 is 0 Å². The molecule has 3 heteroatoms. The van der Waals surface area contributed by atoms with Crippen LogP contribution in [0.25, 0.3) is 0 Å². The average Bonchev–Trinajstić information content (AvgIpc) is 2.28. The van der Waals surface area contributed by atoms with E-state index in [0.29, 0.717) is 19.6 Å². The van der Waals surface area contributed by atoms with Gasteiger partial charge in [-0.25, -0.2) is 0 Å². The lowest BCUT2D eigenvalue weighted by Gasteiger charge is -2.26. The van der Waals surface area contributed by atoms with E-state index in [1.165, 1.54) is 5.56 Å². The lowest BCUT2D eigenvalue weighted by molar-refractivity contribution is -0.165. The molecule has 1 unspecified atom stereocenters. The van der Waals surface area contributed by atoms with Gasteiger partial charge in [0.25, 0.3) is 0 Å². The summed E-state index contributed by atoms with van der Waals surface area (Å²) in [6, 6.07) is 10.1. The van der Waals surface area contributed by atoms with Gasteiger partial charge in [-0.15, -0.1) is 0 Å². The molecule has 1 saturated heterocycles. The number of rotatable bonds is 3. The van der Waals surface area contributed by atoms with Crippen molar-refractivity contribution in [3.63, 3.8) is 0 Å². The molecule has 1 aromatic carbocycles. The Balaban J connectivity index is 1.78. The number of hydrogen-bond donors (Lipinski definition) is 1. The van der Waals surface area contributed by atoms with E-state index in [9.17, 15) is 5.11 Å². The predicted molar refractivity (Wildman–Crippen MR) is 56.2 cm³/mol. The van der Waals surface area contributed by atoms with Gasteiger partial charge in [0, 0.05) is 6.42 Å². The van der Waals surface area contributed by atoms with Crippen LogP contribution in [0.5, 0.6) is 0 Å². The Hall–Kier alpha value is -0.900. The minimum atomic E-state index is -0.653. The maximum Gasteiger partial charge on any atom is 0.157 e. The molecule has 0 bridgehead atoms. The minimum absolute atomic E-state index is 0.119. The van der Waals surface area contributed by atoms with Crippen LogP contribution in [0.1, 0.15) is 18.4 Å². The highest BCUT2D eigenvalue weighted by Crippen LogP contribution is 2.16. The molecule has 0 aliphatic carbocycles. The fourth-order valence-corrected chi connectivity index (χ4v) is 1.69. The molecule has 15 heavy (non-hydrogen) atoms. The molecule has 0 radical (unpaired) electrons. The van der Waals surface area contributed by atoms with Gasteiger partial charge in [0.1, 0.15) is 0 Å². The zero-order valence-electron chi connectivity index (χ0n) is 8.63. The van der Waals surface area contributed by atoms with E-state index in [2.05, 4.69) is 0 Å². The number of benzene rings is 1. The molecule has 1 aliphatic rings. The van der Waals surface area contributed by atoms with E-state index >= 15 is 0 Å². The zero-order chi connectivity index (χ0) is 10.5. The summed E-state index contributed by atoms with van der Waals surface area (Å²) < 4.78 is 10.7. The maximum atomic E-state index is 9.27. The molecule has 2 rings (SSSR count). The van der Waals surface area contributed by atoms with Gasteiger partial charge in [0.15, 0.2) is 6.29 Å². The molecule has 0 spiro atoms. The van der Waals surface area contributed by atoms with Gasteiger partial charge in [0.05, 0.1) is 19.3 Å². The van der Waals surface area contributed by atoms with Crippen LogP contribution < -0.4 is 0 Å². The normalized spacial score (nSPS) is 26.5. The second kappa shape index (κ2) is 5.26. The average molecular weight is 208 g/mol. The maximum absolute atomic E-state index is 9.27. The van der Waals surface area contributed by atoms with Crippen LogP contribution in [0.3, 0.4) is 0 Å². The number of hydrogen-bond acceptors (Lipinski definition) is 3. The second-order valence-electron chi connectivity index (χ2n) is 3.77. The highest BCUT2D eigenvalue weighted by atomic mass is 16.6. The lowest BCUT2D eigenvalue weighted by Crippen LogP contribution is -2.30. The summed E-state index contributed by atoms with van der Waals surface area (Å²) in [6.45, 7) is 1.19. The van der Waals surface area contributed by atoms with Gasteiger partial charge in [0.2, 0.25) is 0 Å². The molecule has 0 aromatic heterocycles. The third kappa shape index (κ3) is 3.30. The van der Waals surface area contributed by atoms with E-state index in [4.69, 9.17) is 9.47 Å². The topological polar surface area (TPSA) is 38.7 Å². The molecule has 1 heterocycles. The SMILES string of the molecule is OC1C[C@H](OCc2ccccc2)CCO1. The van der Waals surface area contributed by atoms with E-state index in [1.807, 2.05) is 30.3 Å². The fourth-order valence-electron chi connectivity index (χ4n) is 1.69. The van der Waals surface area contributed by atoms with Crippen molar-refractivity contribution >= 4 is 0 Å². The molecule has 1 N–H and O–H groups in total. The Labute approximate surface area is 89.6 Å². The van der Waals surface area contributed by atoms with Gasteiger partial charge in [-0.05, 0) is 12.0 Å². The molecule has 1 fully saturated rings. The third-order valence-electron chi connectivity index (χ3n) is 2.54. The predicted octanol–water partition coefficient (Wildman–Crippen LogP) is 1.70. The van der Waals surface area contributed by atoms with E-state index in [0.717, 1.165) is 6.42 Å². The van der Waals surface area contributed by atoms with Gasteiger partial charge >= 0.3 is 0 Å². The van der Waals surface area contributed by atoms with Crippen molar-refractivity contribution in [3.8, 4) is 0 Å². The molecule has 1 aliphatic heterocycles. The van der Waals surface area contributed by atoms with E-state index in [-0.39, 0.29) is 6.10 Å². The number of aliphatic hydroxyl groups is 1. The Kier molecular flexibility index (Phi) is 3.72. The summed E-state index contributed by atoms with van der Waals surface area (Å²) in [5.41, 5.74) is 1.17. The van der Waals surface area contributed by atoms with Crippen molar-refractivity contribution in [2.75, 3.05) is 6.61 Å². The Morgan fingerprint density at radius 2 is 2.13 bits per heavy atom. The molecule has 0 amide bonds. The van der Waals surface area contributed by atoms with Crippen LogP contribution in [0, 0.1) is 0 Å². The second-order valence-corrected chi connectivity index (χ2v) is 3.77. The van der Waals surface area contributed by atoms with Crippen molar-refractivity contribution in [3.05, 3.63) is 35.9 Å². The van der Waals surface area contributed by atoms with Gasteiger partial charge in [-0.3, -0.25) is 0 Å². The summed E-state index contributed by atoms with van der Waals surface area (Å²) in [6.07, 6.45) is 0.907. The highest BCUT2D eigenvalue weighted by molar-refractivity contribution is 5.13. The zero-order valence-corrected chi connectivity index (χ0v) is 8.63. The Morgan fingerprint density at radius 3 is 2.87 bits per heavy atom. The summed E-state index contributed by atoms with van der Waals surface area (Å²) in [5, 5.41) is 9.27. The largest absolute Gasteiger partial charge is 0.373 e. The van der Waals surface area contributed by atoms with Crippen LogP contribution in [-0.2, 0) is 16.1 Å². The van der Waals surface area contributed by atoms with Crippen molar-refractivity contribution in [1.29, 1.82) is 0 Å². The van der Waals surface area contributed by atoms with Crippen molar-refractivity contribution in [1.82, 2.24) is 0 Å². The van der Waals surface area contributed by atoms with Crippen LogP contribution in [0.15, 0.2) is 30.3 Å². The number of ether oxygens (including phenoxy) is 2. The van der Waals surface area contributed by atoms with Crippen molar-refractivity contribution in [2.45, 2.75) is 31.8 Å².